The average Bonchev–Trinajstić information content (AvgIpc) is 2.02. The van der Waals surface area contributed by atoms with E-state index in [1.165, 1.54) is 11.3 Å². The van der Waals surface area contributed by atoms with Crippen molar-refractivity contribution in [2.45, 2.75) is 40.2 Å². The summed E-state index contributed by atoms with van der Waals surface area (Å²) in [6, 6.07) is 8.52. The lowest BCUT2D eigenvalue weighted by atomic mass is 9.90. The molecule has 0 aromatic heterocycles. The topological polar surface area (TPSA) is 12.0 Å². The Labute approximate surface area is 87.5 Å². The van der Waals surface area contributed by atoms with Crippen molar-refractivity contribution in [2.75, 3.05) is 5.32 Å². The highest BCUT2D eigenvalue weighted by atomic mass is 15.0. The molecular weight excluding hydrogens is 170 g/mol. The van der Waals surface area contributed by atoms with Gasteiger partial charge in [0.2, 0.25) is 0 Å². The Morgan fingerprint density at radius 1 is 1.21 bits per heavy atom. The highest BCUT2D eigenvalue weighted by molar-refractivity contribution is 5.47. The van der Waals surface area contributed by atoms with Gasteiger partial charge in [-0.15, -0.1) is 0 Å². The SMILES string of the molecule is Cc1cccc(NC(C)(C)C(C)C)c1. The first-order valence-corrected chi connectivity index (χ1v) is 5.26. The molecule has 0 amide bonds. The zero-order valence-electron chi connectivity index (χ0n) is 9.89. The van der Waals surface area contributed by atoms with Crippen LogP contribution in [-0.4, -0.2) is 5.54 Å². The lowest BCUT2D eigenvalue weighted by molar-refractivity contribution is 0.407. The van der Waals surface area contributed by atoms with E-state index in [-0.39, 0.29) is 5.54 Å². The minimum absolute atomic E-state index is 0.147. The van der Waals surface area contributed by atoms with Crippen LogP contribution in [0.3, 0.4) is 0 Å². The molecule has 0 saturated carbocycles. The molecule has 0 fully saturated rings. The van der Waals surface area contributed by atoms with E-state index in [1.54, 1.807) is 0 Å². The van der Waals surface area contributed by atoms with Crippen molar-refractivity contribution >= 4 is 5.69 Å². The van der Waals surface area contributed by atoms with E-state index in [9.17, 15) is 0 Å². The average molecular weight is 191 g/mol. The summed E-state index contributed by atoms with van der Waals surface area (Å²) in [6.45, 7) is 11.1. The van der Waals surface area contributed by atoms with Gasteiger partial charge in [-0.2, -0.15) is 0 Å². The van der Waals surface area contributed by atoms with Gasteiger partial charge in [-0.05, 0) is 44.4 Å². The molecule has 0 atom stereocenters. The third kappa shape index (κ3) is 2.76. The Hall–Kier alpha value is -0.980. The van der Waals surface area contributed by atoms with Crippen molar-refractivity contribution in [2.24, 2.45) is 5.92 Å². The van der Waals surface area contributed by atoms with Gasteiger partial charge in [-0.3, -0.25) is 0 Å². The van der Waals surface area contributed by atoms with Gasteiger partial charge in [0.15, 0.2) is 0 Å². The van der Waals surface area contributed by atoms with Crippen LogP contribution in [0.2, 0.25) is 0 Å². The standard InChI is InChI=1S/C13H21N/c1-10(2)13(4,5)14-12-8-6-7-11(3)9-12/h6-10,14H,1-5H3. The second-order valence-corrected chi connectivity index (χ2v) is 4.87. The van der Waals surface area contributed by atoms with E-state index in [4.69, 9.17) is 0 Å². The smallest absolute Gasteiger partial charge is 0.0346 e. The number of rotatable bonds is 3. The van der Waals surface area contributed by atoms with Gasteiger partial charge in [-0.1, -0.05) is 26.0 Å². The largest absolute Gasteiger partial charge is 0.380 e. The molecule has 0 aliphatic heterocycles. The minimum atomic E-state index is 0.147. The van der Waals surface area contributed by atoms with Crippen LogP contribution in [0, 0.1) is 12.8 Å². The molecule has 1 aromatic carbocycles. The molecule has 78 valence electrons. The molecule has 0 bridgehead atoms. The van der Waals surface area contributed by atoms with E-state index >= 15 is 0 Å². The summed E-state index contributed by atoms with van der Waals surface area (Å²) < 4.78 is 0. The van der Waals surface area contributed by atoms with E-state index in [2.05, 4.69) is 64.2 Å². The van der Waals surface area contributed by atoms with Crippen LogP contribution in [0.4, 0.5) is 5.69 Å². The van der Waals surface area contributed by atoms with E-state index in [0.29, 0.717) is 5.92 Å². The molecule has 14 heavy (non-hydrogen) atoms. The normalized spacial score (nSPS) is 11.9. The van der Waals surface area contributed by atoms with Crippen molar-refractivity contribution in [3.63, 3.8) is 0 Å². The zero-order valence-corrected chi connectivity index (χ0v) is 9.89. The van der Waals surface area contributed by atoms with Crippen molar-refractivity contribution in [1.82, 2.24) is 0 Å². The van der Waals surface area contributed by atoms with Crippen LogP contribution in [0.5, 0.6) is 0 Å². The molecule has 0 saturated heterocycles. The second kappa shape index (κ2) is 4.04. The summed E-state index contributed by atoms with van der Waals surface area (Å²) in [5.74, 6) is 0.614. The summed E-state index contributed by atoms with van der Waals surface area (Å²) in [6.07, 6.45) is 0. The summed E-state index contributed by atoms with van der Waals surface area (Å²) in [7, 11) is 0. The fourth-order valence-corrected chi connectivity index (χ4v) is 1.24. The Bertz CT molecular complexity index is 300. The monoisotopic (exact) mass is 191 g/mol. The lowest BCUT2D eigenvalue weighted by Crippen LogP contribution is -2.36. The third-order valence-corrected chi connectivity index (χ3v) is 2.93. The zero-order chi connectivity index (χ0) is 10.8. The molecule has 0 aliphatic carbocycles. The first-order chi connectivity index (χ1) is 6.42. The quantitative estimate of drug-likeness (QED) is 0.765. The van der Waals surface area contributed by atoms with Crippen LogP contribution in [0.15, 0.2) is 24.3 Å². The van der Waals surface area contributed by atoms with Gasteiger partial charge in [-0.25, -0.2) is 0 Å². The number of hydrogen-bond donors (Lipinski definition) is 1. The van der Waals surface area contributed by atoms with E-state index in [1.807, 2.05) is 0 Å². The van der Waals surface area contributed by atoms with Gasteiger partial charge in [0.1, 0.15) is 0 Å². The predicted molar refractivity (Wildman–Crippen MR) is 63.7 cm³/mol. The molecule has 0 unspecified atom stereocenters. The molecule has 0 spiro atoms. The van der Waals surface area contributed by atoms with Gasteiger partial charge >= 0.3 is 0 Å². The van der Waals surface area contributed by atoms with Gasteiger partial charge in [0, 0.05) is 11.2 Å². The van der Waals surface area contributed by atoms with Crippen LogP contribution in [-0.2, 0) is 0 Å². The number of nitrogens with one attached hydrogen (secondary N) is 1. The molecular formula is C13H21N. The number of benzene rings is 1. The lowest BCUT2D eigenvalue weighted by Gasteiger charge is -2.31. The molecule has 1 nitrogen and oxygen atoms in total. The summed E-state index contributed by atoms with van der Waals surface area (Å²) in [5, 5.41) is 3.56. The highest BCUT2D eigenvalue weighted by Crippen LogP contribution is 2.22. The highest BCUT2D eigenvalue weighted by Gasteiger charge is 2.21. The summed E-state index contributed by atoms with van der Waals surface area (Å²) in [5.41, 5.74) is 2.66. The fraction of sp³-hybridized carbons (Fsp3) is 0.538. The van der Waals surface area contributed by atoms with Crippen molar-refractivity contribution < 1.29 is 0 Å². The molecule has 1 rings (SSSR count). The second-order valence-electron chi connectivity index (χ2n) is 4.87. The van der Waals surface area contributed by atoms with Crippen LogP contribution >= 0.6 is 0 Å². The van der Waals surface area contributed by atoms with Crippen LogP contribution in [0.25, 0.3) is 0 Å². The molecule has 0 heterocycles. The fourth-order valence-electron chi connectivity index (χ4n) is 1.24. The number of aryl methyl sites for hydroxylation is 1. The maximum absolute atomic E-state index is 3.56. The number of anilines is 1. The molecule has 1 N–H and O–H groups in total. The molecule has 1 aromatic rings. The Balaban J connectivity index is 2.78. The maximum Gasteiger partial charge on any atom is 0.0346 e. The molecule has 1 heteroatoms. The minimum Gasteiger partial charge on any atom is -0.380 e. The first kappa shape index (κ1) is 11.1. The van der Waals surface area contributed by atoms with Crippen LogP contribution < -0.4 is 5.32 Å². The van der Waals surface area contributed by atoms with Gasteiger partial charge in [0.25, 0.3) is 0 Å². The van der Waals surface area contributed by atoms with Gasteiger partial charge in [0.05, 0.1) is 0 Å². The Kier molecular flexibility index (Phi) is 3.20. The Morgan fingerprint density at radius 3 is 2.36 bits per heavy atom. The van der Waals surface area contributed by atoms with E-state index in [0.717, 1.165) is 0 Å². The number of hydrogen-bond acceptors (Lipinski definition) is 1. The predicted octanol–water partition coefficient (Wildman–Crippen LogP) is 3.84. The summed E-state index contributed by atoms with van der Waals surface area (Å²) in [4.78, 5) is 0. The van der Waals surface area contributed by atoms with Gasteiger partial charge < -0.3 is 5.32 Å². The van der Waals surface area contributed by atoms with Crippen LogP contribution in [0.1, 0.15) is 33.3 Å². The van der Waals surface area contributed by atoms with Crippen molar-refractivity contribution in [3.8, 4) is 0 Å². The maximum atomic E-state index is 3.56. The third-order valence-electron chi connectivity index (χ3n) is 2.93. The first-order valence-electron chi connectivity index (χ1n) is 5.26. The van der Waals surface area contributed by atoms with Crippen molar-refractivity contribution in [1.29, 1.82) is 0 Å². The summed E-state index contributed by atoms with van der Waals surface area (Å²) >= 11 is 0. The molecule has 0 radical (unpaired) electrons. The van der Waals surface area contributed by atoms with E-state index < -0.39 is 0 Å². The Morgan fingerprint density at radius 2 is 1.86 bits per heavy atom. The molecule has 0 aliphatic rings. The van der Waals surface area contributed by atoms with Crippen molar-refractivity contribution in [3.05, 3.63) is 29.8 Å².